The standard InChI is InChI=1S/C17H31N5O/c1-3-18-17(20-13-11-16-21-14(2)22-23-16)19-12-7-6-10-15-8-4-5-9-15/h15H,3-13H2,1-2H3,(H2,18,19,20). The molecule has 0 radical (unpaired) electrons. The molecule has 6 nitrogen and oxygen atoms in total. The van der Waals surface area contributed by atoms with Crippen LogP contribution in [0.4, 0.5) is 0 Å². The van der Waals surface area contributed by atoms with Crippen LogP contribution in [0.5, 0.6) is 0 Å². The van der Waals surface area contributed by atoms with E-state index in [1.54, 1.807) is 0 Å². The van der Waals surface area contributed by atoms with Crippen molar-refractivity contribution in [2.45, 2.75) is 65.2 Å². The first-order chi connectivity index (χ1) is 11.3. The molecule has 0 spiro atoms. The first-order valence-corrected chi connectivity index (χ1v) is 9.09. The van der Waals surface area contributed by atoms with Gasteiger partial charge in [0.15, 0.2) is 11.8 Å². The van der Waals surface area contributed by atoms with Gasteiger partial charge >= 0.3 is 0 Å². The maximum absolute atomic E-state index is 5.11. The summed E-state index contributed by atoms with van der Waals surface area (Å²) in [4.78, 5) is 8.84. The van der Waals surface area contributed by atoms with Crippen molar-refractivity contribution in [1.29, 1.82) is 0 Å². The summed E-state index contributed by atoms with van der Waals surface area (Å²) < 4.78 is 5.11. The van der Waals surface area contributed by atoms with Crippen molar-refractivity contribution in [2.75, 3.05) is 19.6 Å². The third-order valence-corrected chi connectivity index (χ3v) is 4.31. The molecule has 0 amide bonds. The smallest absolute Gasteiger partial charge is 0.228 e. The molecule has 1 aromatic heterocycles. The first-order valence-electron chi connectivity index (χ1n) is 9.09. The molecule has 130 valence electrons. The number of aromatic nitrogens is 2. The fourth-order valence-corrected chi connectivity index (χ4v) is 3.11. The summed E-state index contributed by atoms with van der Waals surface area (Å²) >= 11 is 0. The molecule has 1 aliphatic rings. The average molecular weight is 321 g/mol. The van der Waals surface area contributed by atoms with Gasteiger partial charge < -0.3 is 15.2 Å². The lowest BCUT2D eigenvalue weighted by Crippen LogP contribution is -2.38. The van der Waals surface area contributed by atoms with Gasteiger partial charge in [-0.05, 0) is 26.2 Å². The van der Waals surface area contributed by atoms with E-state index in [9.17, 15) is 0 Å². The van der Waals surface area contributed by atoms with Crippen molar-refractivity contribution in [3.8, 4) is 0 Å². The summed E-state index contributed by atoms with van der Waals surface area (Å²) in [6.07, 6.45) is 10.4. The fourth-order valence-electron chi connectivity index (χ4n) is 3.11. The van der Waals surface area contributed by atoms with Gasteiger partial charge in [-0.2, -0.15) is 4.98 Å². The lowest BCUT2D eigenvalue weighted by atomic mass is 10.0. The van der Waals surface area contributed by atoms with E-state index >= 15 is 0 Å². The van der Waals surface area contributed by atoms with Crippen LogP contribution in [0.3, 0.4) is 0 Å². The van der Waals surface area contributed by atoms with Gasteiger partial charge in [-0.1, -0.05) is 43.7 Å². The number of aryl methyl sites for hydroxylation is 1. The van der Waals surface area contributed by atoms with E-state index in [4.69, 9.17) is 4.52 Å². The lowest BCUT2D eigenvalue weighted by molar-refractivity contribution is 0.374. The van der Waals surface area contributed by atoms with Crippen molar-refractivity contribution >= 4 is 5.96 Å². The maximum Gasteiger partial charge on any atom is 0.228 e. The quantitative estimate of drug-likeness (QED) is 0.415. The Morgan fingerprint density at radius 3 is 2.78 bits per heavy atom. The Hall–Kier alpha value is -1.59. The van der Waals surface area contributed by atoms with Crippen LogP contribution in [-0.2, 0) is 6.42 Å². The van der Waals surface area contributed by atoms with Crippen molar-refractivity contribution in [2.24, 2.45) is 10.9 Å². The molecule has 6 heteroatoms. The Kier molecular flexibility index (Phi) is 7.90. The van der Waals surface area contributed by atoms with Crippen LogP contribution in [-0.4, -0.2) is 35.7 Å². The zero-order valence-corrected chi connectivity index (χ0v) is 14.6. The normalized spacial score (nSPS) is 16.0. The number of unbranched alkanes of at least 4 members (excludes halogenated alkanes) is 1. The van der Waals surface area contributed by atoms with E-state index in [2.05, 4.69) is 32.7 Å². The molecule has 2 rings (SSSR count). The molecule has 23 heavy (non-hydrogen) atoms. The van der Waals surface area contributed by atoms with Gasteiger partial charge in [0.05, 0.1) is 0 Å². The molecular weight excluding hydrogens is 290 g/mol. The highest BCUT2D eigenvalue weighted by molar-refractivity contribution is 5.79. The number of guanidine groups is 1. The number of hydrogen-bond donors (Lipinski definition) is 2. The van der Waals surface area contributed by atoms with Crippen molar-refractivity contribution in [3.63, 3.8) is 0 Å². The van der Waals surface area contributed by atoms with Crippen LogP contribution >= 0.6 is 0 Å². The average Bonchev–Trinajstić information content (AvgIpc) is 3.19. The molecule has 1 saturated carbocycles. The van der Waals surface area contributed by atoms with E-state index < -0.39 is 0 Å². The summed E-state index contributed by atoms with van der Waals surface area (Å²) in [5, 5.41) is 10.4. The van der Waals surface area contributed by atoms with Crippen LogP contribution in [0.15, 0.2) is 9.52 Å². The summed E-state index contributed by atoms with van der Waals surface area (Å²) in [5.74, 6) is 3.22. The second-order valence-electron chi connectivity index (χ2n) is 6.32. The molecule has 0 aliphatic heterocycles. The molecule has 0 saturated heterocycles. The number of rotatable bonds is 9. The second kappa shape index (κ2) is 10.2. The van der Waals surface area contributed by atoms with Gasteiger partial charge in [-0.15, -0.1) is 0 Å². The number of nitrogens with one attached hydrogen (secondary N) is 2. The van der Waals surface area contributed by atoms with Gasteiger partial charge in [0, 0.05) is 26.1 Å². The van der Waals surface area contributed by atoms with E-state index in [1.807, 2.05) is 6.92 Å². The molecular formula is C17H31N5O. The molecule has 1 aliphatic carbocycles. The van der Waals surface area contributed by atoms with Crippen molar-refractivity contribution < 1.29 is 4.52 Å². The van der Waals surface area contributed by atoms with Gasteiger partial charge in [0.1, 0.15) is 0 Å². The highest BCUT2D eigenvalue weighted by Crippen LogP contribution is 2.28. The van der Waals surface area contributed by atoms with Crippen LogP contribution in [0.2, 0.25) is 0 Å². The zero-order chi connectivity index (χ0) is 16.3. The summed E-state index contributed by atoms with van der Waals surface area (Å²) in [6.45, 7) is 6.42. The van der Waals surface area contributed by atoms with Gasteiger partial charge in [0.25, 0.3) is 0 Å². The summed E-state index contributed by atoms with van der Waals surface area (Å²) in [5.41, 5.74) is 0. The Morgan fingerprint density at radius 1 is 1.26 bits per heavy atom. The summed E-state index contributed by atoms with van der Waals surface area (Å²) in [6, 6.07) is 0. The zero-order valence-electron chi connectivity index (χ0n) is 14.6. The molecule has 0 bridgehead atoms. The minimum absolute atomic E-state index is 0.669. The highest BCUT2D eigenvalue weighted by Gasteiger charge is 2.13. The van der Waals surface area contributed by atoms with Gasteiger partial charge in [-0.25, -0.2) is 0 Å². The molecule has 1 aromatic rings. The predicted molar refractivity (Wildman–Crippen MR) is 92.5 cm³/mol. The van der Waals surface area contributed by atoms with Crippen molar-refractivity contribution in [1.82, 2.24) is 20.8 Å². The van der Waals surface area contributed by atoms with Crippen LogP contribution in [0.1, 0.15) is 63.6 Å². The minimum Gasteiger partial charge on any atom is -0.357 e. The third kappa shape index (κ3) is 7.01. The third-order valence-electron chi connectivity index (χ3n) is 4.31. The van der Waals surface area contributed by atoms with Gasteiger partial charge in [-0.3, -0.25) is 4.99 Å². The van der Waals surface area contributed by atoms with E-state index in [0.29, 0.717) is 18.1 Å². The molecule has 2 N–H and O–H groups in total. The number of hydrogen-bond acceptors (Lipinski definition) is 4. The maximum atomic E-state index is 5.11. The number of aliphatic imine (C=N–C) groups is 1. The monoisotopic (exact) mass is 321 g/mol. The Balaban J connectivity index is 1.60. The first kappa shape index (κ1) is 17.8. The van der Waals surface area contributed by atoms with E-state index in [0.717, 1.165) is 31.5 Å². The molecule has 0 aromatic carbocycles. The topological polar surface area (TPSA) is 75.3 Å². The molecule has 0 atom stereocenters. The largest absolute Gasteiger partial charge is 0.357 e. The van der Waals surface area contributed by atoms with E-state index in [1.165, 1.54) is 44.9 Å². The summed E-state index contributed by atoms with van der Waals surface area (Å²) in [7, 11) is 0. The fraction of sp³-hybridized carbons (Fsp3) is 0.824. The molecule has 1 fully saturated rings. The van der Waals surface area contributed by atoms with Crippen LogP contribution in [0.25, 0.3) is 0 Å². The minimum atomic E-state index is 0.669. The second-order valence-corrected chi connectivity index (χ2v) is 6.32. The van der Waals surface area contributed by atoms with Gasteiger partial charge in [0.2, 0.25) is 5.89 Å². The van der Waals surface area contributed by atoms with Crippen molar-refractivity contribution in [3.05, 3.63) is 11.7 Å². The predicted octanol–water partition coefficient (Wildman–Crippen LogP) is 2.84. The van der Waals surface area contributed by atoms with Crippen LogP contribution in [0, 0.1) is 12.8 Å². The Morgan fingerprint density at radius 2 is 2.09 bits per heavy atom. The number of nitrogens with zero attached hydrogens (tertiary/aromatic N) is 3. The Bertz CT molecular complexity index is 465. The molecule has 0 unspecified atom stereocenters. The SMILES string of the molecule is CCNC(=NCCCCC1CCCC1)NCCc1nc(C)no1. The van der Waals surface area contributed by atoms with E-state index in [-0.39, 0.29) is 0 Å². The van der Waals surface area contributed by atoms with Crippen LogP contribution < -0.4 is 10.6 Å². The molecule has 1 heterocycles. The lowest BCUT2D eigenvalue weighted by Gasteiger charge is -2.11. The highest BCUT2D eigenvalue weighted by atomic mass is 16.5. The Labute approximate surface area is 139 Å².